The van der Waals surface area contributed by atoms with Gasteiger partial charge >= 0.3 is 5.63 Å². The minimum atomic E-state index is -0.432. The topological polar surface area (TPSA) is 30.2 Å². The second-order valence-electron chi connectivity index (χ2n) is 9.74. The summed E-state index contributed by atoms with van der Waals surface area (Å²) in [5.74, 6) is 0.967. The van der Waals surface area contributed by atoms with Gasteiger partial charge in [-0.2, -0.15) is 0 Å². The highest BCUT2D eigenvalue weighted by molar-refractivity contribution is 6.04. The Hall–Kier alpha value is -2.16. The quantitative estimate of drug-likeness (QED) is 0.191. The molecular weight excluding hydrogens is 399 g/mol. The minimum absolute atomic E-state index is 0.0878. The molecule has 0 N–H and O–H groups in total. The highest BCUT2D eigenvalue weighted by Crippen LogP contribution is 2.39. The van der Waals surface area contributed by atoms with Crippen molar-refractivity contribution in [3.63, 3.8) is 0 Å². The molecule has 1 saturated carbocycles. The van der Waals surface area contributed by atoms with Crippen LogP contribution in [0.5, 0.6) is 0 Å². The molecule has 32 heavy (non-hydrogen) atoms. The third kappa shape index (κ3) is 4.92. The molecule has 2 nitrogen and oxygen atoms in total. The number of unbranched alkanes of at least 4 members (excludes halogenated alkanes) is 5. The minimum Gasteiger partial charge on any atom is -0.419 e. The van der Waals surface area contributed by atoms with Crippen molar-refractivity contribution in [2.24, 2.45) is 5.92 Å². The summed E-state index contributed by atoms with van der Waals surface area (Å²) in [6, 6.07) is 9.83. The average molecular weight is 437 g/mol. The number of benzene rings is 2. The lowest BCUT2D eigenvalue weighted by molar-refractivity contribution is 0.302. The van der Waals surface area contributed by atoms with E-state index >= 15 is 0 Å². The molecule has 0 spiro atoms. The van der Waals surface area contributed by atoms with Gasteiger partial charge in [-0.25, -0.2) is 9.18 Å². The van der Waals surface area contributed by atoms with Gasteiger partial charge in [0.2, 0.25) is 0 Å². The first kappa shape index (κ1) is 23.0. The first-order valence-electron chi connectivity index (χ1n) is 12.8. The van der Waals surface area contributed by atoms with Crippen molar-refractivity contribution in [3.8, 4) is 0 Å². The summed E-state index contributed by atoms with van der Waals surface area (Å²) >= 11 is 0. The van der Waals surface area contributed by atoms with Crippen molar-refractivity contribution in [3.05, 3.63) is 57.7 Å². The number of hydrogen-bond acceptors (Lipinski definition) is 2. The summed E-state index contributed by atoms with van der Waals surface area (Å²) in [6.45, 7) is 4.17. The molecule has 0 bridgehead atoms. The largest absolute Gasteiger partial charge is 0.419 e. The highest BCUT2D eigenvalue weighted by Gasteiger charge is 2.23. The molecule has 172 valence electrons. The lowest BCUT2D eigenvalue weighted by Gasteiger charge is -2.29. The number of fused-ring (bicyclic) bond motifs is 3. The monoisotopic (exact) mass is 436 g/mol. The van der Waals surface area contributed by atoms with E-state index in [2.05, 4.69) is 13.0 Å². The molecule has 1 fully saturated rings. The molecule has 1 heterocycles. The maximum absolute atomic E-state index is 14.7. The van der Waals surface area contributed by atoms with E-state index in [1.54, 1.807) is 6.07 Å². The Morgan fingerprint density at radius 2 is 1.59 bits per heavy atom. The Labute approximate surface area is 191 Å². The molecule has 0 radical (unpaired) electrons. The normalized spacial score (nSPS) is 19.1. The van der Waals surface area contributed by atoms with Crippen LogP contribution in [0.25, 0.3) is 21.7 Å². The van der Waals surface area contributed by atoms with Crippen molar-refractivity contribution in [1.29, 1.82) is 0 Å². The SMILES string of the molecule is CCCCCCCCC1CCC(c2ccc3c(c2)c(=O)oc2c(F)c(CC)ccc23)CC1. The second kappa shape index (κ2) is 10.6. The zero-order valence-electron chi connectivity index (χ0n) is 19.7. The summed E-state index contributed by atoms with van der Waals surface area (Å²) in [6.07, 6.45) is 15.1. The van der Waals surface area contributed by atoms with E-state index in [0.717, 1.165) is 11.3 Å². The van der Waals surface area contributed by atoms with Crippen LogP contribution in [0.4, 0.5) is 4.39 Å². The number of aryl methyl sites for hydroxylation is 1. The van der Waals surface area contributed by atoms with Crippen molar-refractivity contribution in [2.75, 3.05) is 0 Å². The smallest absolute Gasteiger partial charge is 0.344 e. The standard InChI is InChI=1S/C29H37FO2/c1-3-5-6-7-8-9-10-20-11-13-22(14-12-20)23-16-17-24-25-18-15-21(4-2)27(30)28(25)32-29(31)26(24)19-23/h15-20,22H,3-14H2,1-2H3. The van der Waals surface area contributed by atoms with Crippen LogP contribution in [0.2, 0.25) is 0 Å². The van der Waals surface area contributed by atoms with Crippen LogP contribution in [0.1, 0.15) is 102 Å². The number of halogens is 1. The highest BCUT2D eigenvalue weighted by atomic mass is 19.1. The van der Waals surface area contributed by atoms with E-state index in [1.165, 1.54) is 76.2 Å². The predicted octanol–water partition coefficient (Wildman–Crippen LogP) is 8.67. The van der Waals surface area contributed by atoms with E-state index in [1.807, 2.05) is 25.1 Å². The molecule has 1 aliphatic rings. The van der Waals surface area contributed by atoms with E-state index < -0.39 is 11.4 Å². The van der Waals surface area contributed by atoms with Gasteiger partial charge in [-0.1, -0.05) is 83.1 Å². The fourth-order valence-electron chi connectivity index (χ4n) is 5.55. The maximum atomic E-state index is 14.7. The molecule has 1 aliphatic carbocycles. The second-order valence-corrected chi connectivity index (χ2v) is 9.74. The molecule has 4 rings (SSSR count). The Kier molecular flexibility index (Phi) is 7.65. The molecule has 1 aromatic heterocycles. The van der Waals surface area contributed by atoms with Crippen LogP contribution in [-0.4, -0.2) is 0 Å². The van der Waals surface area contributed by atoms with Crippen molar-refractivity contribution >= 4 is 21.7 Å². The molecule has 3 aromatic rings. The van der Waals surface area contributed by atoms with Gasteiger partial charge in [0, 0.05) is 10.8 Å². The zero-order chi connectivity index (χ0) is 22.5. The van der Waals surface area contributed by atoms with Gasteiger partial charge in [0.1, 0.15) is 0 Å². The summed E-state index contributed by atoms with van der Waals surface area (Å²) in [5, 5.41) is 2.05. The Balaban J connectivity index is 1.44. The van der Waals surface area contributed by atoms with Crippen LogP contribution in [-0.2, 0) is 6.42 Å². The van der Waals surface area contributed by atoms with Gasteiger partial charge in [0.15, 0.2) is 11.4 Å². The molecule has 0 atom stereocenters. The Morgan fingerprint density at radius 3 is 2.34 bits per heavy atom. The molecule has 2 aromatic carbocycles. The van der Waals surface area contributed by atoms with Gasteiger partial charge in [0.25, 0.3) is 0 Å². The van der Waals surface area contributed by atoms with Crippen molar-refractivity contribution in [2.45, 2.75) is 96.8 Å². The first-order valence-corrected chi connectivity index (χ1v) is 12.8. The van der Waals surface area contributed by atoms with Crippen molar-refractivity contribution < 1.29 is 8.81 Å². The maximum Gasteiger partial charge on any atom is 0.344 e. The molecule has 0 unspecified atom stereocenters. The first-order chi connectivity index (χ1) is 15.6. The van der Waals surface area contributed by atoms with Gasteiger partial charge in [0.05, 0.1) is 5.39 Å². The fourth-order valence-corrected chi connectivity index (χ4v) is 5.55. The third-order valence-electron chi connectivity index (χ3n) is 7.59. The molecule has 0 aliphatic heterocycles. The predicted molar refractivity (Wildman–Crippen MR) is 132 cm³/mol. The van der Waals surface area contributed by atoms with E-state index in [-0.39, 0.29) is 5.58 Å². The van der Waals surface area contributed by atoms with Gasteiger partial charge in [-0.15, -0.1) is 0 Å². The lowest BCUT2D eigenvalue weighted by atomic mass is 9.76. The number of rotatable bonds is 9. The molecule has 0 amide bonds. The third-order valence-corrected chi connectivity index (χ3v) is 7.59. The van der Waals surface area contributed by atoms with E-state index in [4.69, 9.17) is 4.42 Å². The van der Waals surface area contributed by atoms with Crippen LogP contribution < -0.4 is 5.63 Å². The molecular formula is C29H37FO2. The summed E-state index contributed by atoms with van der Waals surface area (Å²) in [7, 11) is 0. The van der Waals surface area contributed by atoms with Crippen LogP contribution in [0, 0.1) is 11.7 Å². The van der Waals surface area contributed by atoms with Crippen LogP contribution >= 0.6 is 0 Å². The van der Waals surface area contributed by atoms with Gasteiger partial charge < -0.3 is 4.42 Å². The summed E-state index contributed by atoms with van der Waals surface area (Å²) in [4.78, 5) is 12.7. The summed E-state index contributed by atoms with van der Waals surface area (Å²) < 4.78 is 20.2. The Bertz CT molecular complexity index is 1110. The average Bonchev–Trinajstić information content (AvgIpc) is 2.82. The zero-order valence-corrected chi connectivity index (χ0v) is 19.7. The van der Waals surface area contributed by atoms with Gasteiger partial charge in [-0.05, 0) is 61.1 Å². The lowest BCUT2D eigenvalue weighted by Crippen LogP contribution is -2.14. The van der Waals surface area contributed by atoms with Crippen LogP contribution in [0.15, 0.2) is 39.5 Å². The number of hydrogen-bond donors (Lipinski definition) is 0. The summed E-state index contributed by atoms with van der Waals surface area (Å²) in [5.41, 5.74) is 1.46. The Morgan fingerprint density at radius 1 is 0.875 bits per heavy atom. The van der Waals surface area contributed by atoms with Crippen LogP contribution in [0.3, 0.4) is 0 Å². The van der Waals surface area contributed by atoms with E-state index in [9.17, 15) is 9.18 Å². The molecule has 3 heteroatoms. The molecule has 0 saturated heterocycles. The van der Waals surface area contributed by atoms with Gasteiger partial charge in [-0.3, -0.25) is 0 Å². The van der Waals surface area contributed by atoms with E-state index in [0.29, 0.717) is 28.7 Å². The van der Waals surface area contributed by atoms with Crippen molar-refractivity contribution in [1.82, 2.24) is 0 Å². The fraction of sp³-hybridized carbons (Fsp3) is 0.552.